The minimum Gasteiger partial charge on any atom is -0.217 e. The van der Waals surface area contributed by atoms with Crippen LogP contribution < -0.4 is 0 Å². The molecule has 0 bridgehead atoms. The van der Waals surface area contributed by atoms with Crippen LogP contribution in [-0.2, 0) is 0 Å². The van der Waals surface area contributed by atoms with E-state index >= 15 is 0 Å². The molecule has 1 aromatic heterocycles. The second kappa shape index (κ2) is 6.45. The number of hydrogen-bond donors (Lipinski definition) is 0. The van der Waals surface area contributed by atoms with E-state index in [0.717, 1.165) is 17.3 Å². The second-order valence-electron chi connectivity index (χ2n) is 4.09. The summed E-state index contributed by atoms with van der Waals surface area (Å²) in [6.45, 7) is 0. The molecule has 1 aliphatic carbocycles. The predicted molar refractivity (Wildman–Crippen MR) is 66.0 cm³/mol. The van der Waals surface area contributed by atoms with E-state index < -0.39 is 0 Å². The molecule has 6 heteroatoms. The van der Waals surface area contributed by atoms with Gasteiger partial charge in [0.25, 0.3) is 0 Å². The third kappa shape index (κ3) is 3.10. The van der Waals surface area contributed by atoms with Crippen molar-refractivity contribution < 1.29 is 0 Å². The Labute approximate surface area is 105 Å². The van der Waals surface area contributed by atoms with Crippen LogP contribution in [-0.4, -0.2) is 31.8 Å². The Balaban J connectivity index is 1.94. The van der Waals surface area contributed by atoms with Crippen LogP contribution in [0.4, 0.5) is 0 Å². The van der Waals surface area contributed by atoms with Crippen molar-refractivity contribution in [2.24, 2.45) is 0 Å². The van der Waals surface area contributed by atoms with Crippen LogP contribution in [0.5, 0.6) is 0 Å². The first-order valence-corrected chi connectivity index (χ1v) is 7.40. The summed E-state index contributed by atoms with van der Waals surface area (Å²) >= 11 is 7.37. The second-order valence-corrected chi connectivity index (χ2v) is 5.53. The summed E-state index contributed by atoms with van der Waals surface area (Å²) in [6, 6.07) is 0.516. The summed E-state index contributed by atoms with van der Waals surface area (Å²) in [5, 5.41) is 12.9. The summed E-state index contributed by atoms with van der Waals surface area (Å²) in [5.41, 5.74) is 0. The van der Waals surface area contributed by atoms with Gasteiger partial charge in [0.2, 0.25) is 5.16 Å². The summed E-state index contributed by atoms with van der Waals surface area (Å²) < 4.78 is 2.01. The van der Waals surface area contributed by atoms with E-state index in [-0.39, 0.29) is 0 Å². The van der Waals surface area contributed by atoms with Gasteiger partial charge in [-0.2, -0.15) is 0 Å². The molecule has 0 N–H and O–H groups in total. The minimum atomic E-state index is 0.516. The van der Waals surface area contributed by atoms with Gasteiger partial charge in [-0.3, -0.25) is 0 Å². The van der Waals surface area contributed by atoms with Gasteiger partial charge in [0, 0.05) is 11.6 Å². The largest absolute Gasteiger partial charge is 0.217 e. The molecule has 0 amide bonds. The van der Waals surface area contributed by atoms with Gasteiger partial charge in [-0.25, -0.2) is 4.68 Å². The first-order valence-electron chi connectivity index (χ1n) is 5.88. The zero-order chi connectivity index (χ0) is 11.2. The average molecular weight is 261 g/mol. The molecule has 16 heavy (non-hydrogen) atoms. The topological polar surface area (TPSA) is 43.6 Å². The highest BCUT2D eigenvalue weighted by molar-refractivity contribution is 7.99. The fourth-order valence-corrected chi connectivity index (χ4v) is 3.23. The van der Waals surface area contributed by atoms with Gasteiger partial charge in [0.1, 0.15) is 0 Å². The highest BCUT2D eigenvalue weighted by atomic mass is 35.5. The number of rotatable bonds is 5. The van der Waals surface area contributed by atoms with E-state index in [1.807, 2.05) is 4.68 Å². The Morgan fingerprint density at radius 2 is 2.12 bits per heavy atom. The van der Waals surface area contributed by atoms with Gasteiger partial charge in [-0.1, -0.05) is 31.0 Å². The molecular formula is C10H17ClN4S. The van der Waals surface area contributed by atoms with Gasteiger partial charge in [0.15, 0.2) is 0 Å². The van der Waals surface area contributed by atoms with Crippen LogP contribution in [0.25, 0.3) is 0 Å². The lowest BCUT2D eigenvalue weighted by atomic mass is 9.96. The number of nitrogens with zero attached hydrogens (tertiary/aromatic N) is 4. The molecule has 1 fully saturated rings. The number of halogens is 1. The number of hydrogen-bond acceptors (Lipinski definition) is 4. The summed E-state index contributed by atoms with van der Waals surface area (Å²) in [6.07, 6.45) is 7.39. The van der Waals surface area contributed by atoms with Crippen molar-refractivity contribution in [2.75, 3.05) is 11.6 Å². The smallest absolute Gasteiger partial charge is 0.209 e. The predicted octanol–water partition coefficient (Wildman–Crippen LogP) is 2.90. The first-order chi connectivity index (χ1) is 7.92. The van der Waals surface area contributed by atoms with Crippen molar-refractivity contribution in [1.29, 1.82) is 0 Å². The van der Waals surface area contributed by atoms with Gasteiger partial charge in [-0.05, 0) is 29.7 Å². The Hall–Kier alpha value is -0.290. The molecule has 0 atom stereocenters. The Bertz CT molecular complexity index is 312. The SMILES string of the molecule is ClCCCSc1nnnn1C1CCCCC1. The normalized spacial score (nSPS) is 17.8. The fourth-order valence-electron chi connectivity index (χ4n) is 2.05. The van der Waals surface area contributed by atoms with Crippen LogP contribution >= 0.6 is 23.4 Å². The quantitative estimate of drug-likeness (QED) is 0.464. The van der Waals surface area contributed by atoms with E-state index in [1.165, 1.54) is 32.1 Å². The first kappa shape index (κ1) is 12.2. The van der Waals surface area contributed by atoms with Crippen molar-refractivity contribution in [3.63, 3.8) is 0 Å². The third-order valence-electron chi connectivity index (χ3n) is 2.89. The molecule has 0 radical (unpaired) electrons. The number of alkyl halides is 1. The summed E-state index contributed by atoms with van der Waals surface area (Å²) in [5.74, 6) is 1.70. The van der Waals surface area contributed by atoms with Crippen molar-refractivity contribution in [2.45, 2.75) is 49.7 Å². The molecule has 0 aromatic carbocycles. The standard InChI is InChI=1S/C10H17ClN4S/c11-7-4-8-16-10-12-13-14-15(10)9-5-2-1-3-6-9/h9H,1-8H2. The lowest BCUT2D eigenvalue weighted by Crippen LogP contribution is -2.15. The van der Waals surface area contributed by atoms with Crippen molar-refractivity contribution in [1.82, 2.24) is 20.2 Å². The van der Waals surface area contributed by atoms with Gasteiger partial charge in [0.05, 0.1) is 6.04 Å². The fraction of sp³-hybridized carbons (Fsp3) is 0.900. The third-order valence-corrected chi connectivity index (χ3v) is 4.18. The molecule has 0 unspecified atom stereocenters. The molecule has 0 saturated heterocycles. The molecule has 1 heterocycles. The van der Waals surface area contributed by atoms with E-state index in [1.54, 1.807) is 11.8 Å². The maximum absolute atomic E-state index is 5.66. The monoisotopic (exact) mass is 260 g/mol. The minimum absolute atomic E-state index is 0.516. The summed E-state index contributed by atoms with van der Waals surface area (Å²) in [4.78, 5) is 0. The zero-order valence-electron chi connectivity index (χ0n) is 9.31. The Kier molecular flexibility index (Phi) is 4.91. The Morgan fingerprint density at radius 1 is 1.31 bits per heavy atom. The molecule has 1 saturated carbocycles. The van der Waals surface area contributed by atoms with Crippen LogP contribution in [0.15, 0.2) is 5.16 Å². The number of tetrazole rings is 1. The van der Waals surface area contributed by atoms with E-state index in [9.17, 15) is 0 Å². The molecule has 4 nitrogen and oxygen atoms in total. The Morgan fingerprint density at radius 3 is 2.88 bits per heavy atom. The molecule has 90 valence electrons. The number of thioether (sulfide) groups is 1. The van der Waals surface area contributed by atoms with Crippen LogP contribution in [0.1, 0.15) is 44.6 Å². The van der Waals surface area contributed by atoms with E-state index in [2.05, 4.69) is 15.5 Å². The highest BCUT2D eigenvalue weighted by Gasteiger charge is 2.19. The maximum atomic E-state index is 5.66. The maximum Gasteiger partial charge on any atom is 0.209 e. The molecule has 1 aliphatic rings. The van der Waals surface area contributed by atoms with Crippen LogP contribution in [0.2, 0.25) is 0 Å². The lowest BCUT2D eigenvalue weighted by molar-refractivity contribution is 0.307. The zero-order valence-corrected chi connectivity index (χ0v) is 10.9. The molecule has 1 aromatic rings. The van der Waals surface area contributed by atoms with Crippen LogP contribution in [0.3, 0.4) is 0 Å². The number of aromatic nitrogens is 4. The molecule has 0 spiro atoms. The molecule has 2 rings (SSSR count). The van der Waals surface area contributed by atoms with Crippen molar-refractivity contribution in [3.8, 4) is 0 Å². The van der Waals surface area contributed by atoms with E-state index in [0.29, 0.717) is 11.9 Å². The van der Waals surface area contributed by atoms with Crippen molar-refractivity contribution in [3.05, 3.63) is 0 Å². The van der Waals surface area contributed by atoms with Gasteiger partial charge >= 0.3 is 0 Å². The van der Waals surface area contributed by atoms with E-state index in [4.69, 9.17) is 11.6 Å². The average Bonchev–Trinajstić information content (AvgIpc) is 2.79. The highest BCUT2D eigenvalue weighted by Crippen LogP contribution is 2.30. The lowest BCUT2D eigenvalue weighted by Gasteiger charge is -2.21. The van der Waals surface area contributed by atoms with Crippen molar-refractivity contribution >= 4 is 23.4 Å². The van der Waals surface area contributed by atoms with Gasteiger partial charge in [-0.15, -0.1) is 16.7 Å². The molecular weight excluding hydrogens is 244 g/mol. The molecule has 0 aliphatic heterocycles. The van der Waals surface area contributed by atoms with Gasteiger partial charge < -0.3 is 0 Å². The summed E-state index contributed by atoms with van der Waals surface area (Å²) in [7, 11) is 0. The van der Waals surface area contributed by atoms with Crippen LogP contribution in [0, 0.1) is 0 Å².